The number of carbonyl (C=O) groups is 1. The van der Waals surface area contributed by atoms with Crippen LogP contribution in [0.4, 0.5) is 4.39 Å². The molecule has 1 aliphatic rings. The third kappa shape index (κ3) is 2.99. The lowest BCUT2D eigenvalue weighted by atomic mass is 10.00. The number of benzene rings is 1. The van der Waals surface area contributed by atoms with E-state index in [-0.39, 0.29) is 23.5 Å². The highest BCUT2D eigenvalue weighted by molar-refractivity contribution is 6.07. The molecule has 6 heteroatoms. The number of halogens is 1. The lowest BCUT2D eigenvalue weighted by molar-refractivity contribution is 0.0703. The number of fused-ring (bicyclic) bond motifs is 1. The molecular weight excluding hydrogens is 345 g/mol. The molecule has 2 aromatic heterocycles. The summed E-state index contributed by atoms with van der Waals surface area (Å²) in [7, 11) is 0. The molecule has 0 bridgehead atoms. The summed E-state index contributed by atoms with van der Waals surface area (Å²) in [5, 5.41) is 4.58. The standard InChI is InChI=1S/C21H22FN3O2/c1-12(2)18-9-6-10-25(18)21(26)15-11-17(14-7-4-5-8-16(14)22)23-20-19(15)13(3)24-27-20/h4-5,7-8,11-12,18H,6,9-10H2,1-3H3/t18-/m1/s1. The number of pyridine rings is 1. The van der Waals surface area contributed by atoms with Crippen molar-refractivity contribution in [1.82, 2.24) is 15.0 Å². The number of hydrogen-bond acceptors (Lipinski definition) is 4. The number of aryl methyl sites for hydroxylation is 1. The van der Waals surface area contributed by atoms with E-state index in [0.717, 1.165) is 19.4 Å². The zero-order valence-corrected chi connectivity index (χ0v) is 15.7. The quantitative estimate of drug-likeness (QED) is 0.679. The maximum Gasteiger partial charge on any atom is 0.259 e. The molecule has 3 heterocycles. The van der Waals surface area contributed by atoms with Crippen molar-refractivity contribution in [3.05, 3.63) is 47.4 Å². The van der Waals surface area contributed by atoms with Crippen LogP contribution in [0.2, 0.25) is 0 Å². The molecule has 0 saturated carbocycles. The topological polar surface area (TPSA) is 59.2 Å². The Labute approximate surface area is 157 Å². The Kier molecular flexibility index (Phi) is 4.42. The summed E-state index contributed by atoms with van der Waals surface area (Å²) in [4.78, 5) is 19.8. The van der Waals surface area contributed by atoms with Crippen LogP contribution in [0, 0.1) is 18.7 Å². The largest absolute Gasteiger partial charge is 0.335 e. The fraction of sp³-hybridized carbons (Fsp3) is 0.381. The van der Waals surface area contributed by atoms with Crippen LogP contribution < -0.4 is 0 Å². The Balaban J connectivity index is 1.87. The van der Waals surface area contributed by atoms with Crippen molar-refractivity contribution in [2.24, 2.45) is 5.92 Å². The maximum absolute atomic E-state index is 14.3. The van der Waals surface area contributed by atoms with E-state index < -0.39 is 0 Å². The zero-order chi connectivity index (χ0) is 19.1. The second kappa shape index (κ2) is 6.76. The monoisotopic (exact) mass is 367 g/mol. The molecule has 1 saturated heterocycles. The van der Waals surface area contributed by atoms with Crippen LogP contribution in [0.3, 0.4) is 0 Å². The van der Waals surface area contributed by atoms with Crippen molar-refractivity contribution in [1.29, 1.82) is 0 Å². The molecule has 3 aromatic rings. The fourth-order valence-electron chi connectivity index (χ4n) is 3.96. The molecule has 140 valence electrons. The number of aromatic nitrogens is 2. The van der Waals surface area contributed by atoms with Crippen molar-refractivity contribution in [2.45, 2.75) is 39.7 Å². The zero-order valence-electron chi connectivity index (χ0n) is 15.7. The summed E-state index contributed by atoms with van der Waals surface area (Å²) >= 11 is 0. The molecule has 0 N–H and O–H groups in total. The number of likely N-dealkylation sites (tertiary alicyclic amines) is 1. The van der Waals surface area contributed by atoms with Crippen molar-refractivity contribution >= 4 is 17.0 Å². The normalized spacial score (nSPS) is 17.2. The predicted octanol–water partition coefficient (Wildman–Crippen LogP) is 4.60. The van der Waals surface area contributed by atoms with Gasteiger partial charge in [-0.05, 0) is 43.9 Å². The highest BCUT2D eigenvalue weighted by Gasteiger charge is 2.33. The minimum Gasteiger partial charge on any atom is -0.335 e. The summed E-state index contributed by atoms with van der Waals surface area (Å²) < 4.78 is 19.6. The molecule has 1 aliphatic heterocycles. The number of hydrogen-bond donors (Lipinski definition) is 0. The van der Waals surface area contributed by atoms with Crippen LogP contribution in [0.25, 0.3) is 22.4 Å². The summed E-state index contributed by atoms with van der Waals surface area (Å²) in [5.41, 5.74) is 2.06. The maximum atomic E-state index is 14.3. The van der Waals surface area contributed by atoms with E-state index in [9.17, 15) is 9.18 Å². The van der Waals surface area contributed by atoms with E-state index in [4.69, 9.17) is 4.52 Å². The molecular formula is C21H22FN3O2. The van der Waals surface area contributed by atoms with Gasteiger partial charge in [0.25, 0.3) is 11.6 Å². The second-order valence-corrected chi connectivity index (χ2v) is 7.44. The van der Waals surface area contributed by atoms with Gasteiger partial charge in [-0.15, -0.1) is 0 Å². The van der Waals surface area contributed by atoms with Crippen LogP contribution >= 0.6 is 0 Å². The molecule has 27 heavy (non-hydrogen) atoms. The first-order chi connectivity index (χ1) is 13.0. The molecule has 5 nitrogen and oxygen atoms in total. The van der Waals surface area contributed by atoms with Crippen LogP contribution in [-0.2, 0) is 0 Å². The average Bonchev–Trinajstić information content (AvgIpc) is 3.28. The Morgan fingerprint density at radius 3 is 2.85 bits per heavy atom. The minimum absolute atomic E-state index is 0.0671. The number of nitrogens with zero attached hydrogens (tertiary/aromatic N) is 3. The molecule has 1 atom stereocenters. The number of amides is 1. The van der Waals surface area contributed by atoms with Crippen molar-refractivity contribution < 1.29 is 13.7 Å². The van der Waals surface area contributed by atoms with Gasteiger partial charge in [0.2, 0.25) is 0 Å². The Morgan fingerprint density at radius 1 is 1.33 bits per heavy atom. The third-order valence-corrected chi connectivity index (χ3v) is 5.33. The first-order valence-electron chi connectivity index (χ1n) is 9.30. The van der Waals surface area contributed by atoms with Gasteiger partial charge in [-0.1, -0.05) is 31.1 Å². The van der Waals surface area contributed by atoms with Gasteiger partial charge in [0.15, 0.2) is 0 Å². The van der Waals surface area contributed by atoms with Gasteiger partial charge in [-0.25, -0.2) is 9.37 Å². The van der Waals surface area contributed by atoms with Crippen molar-refractivity contribution in [3.63, 3.8) is 0 Å². The van der Waals surface area contributed by atoms with E-state index in [1.54, 1.807) is 31.2 Å². The van der Waals surface area contributed by atoms with Crippen LogP contribution in [0.5, 0.6) is 0 Å². The van der Waals surface area contributed by atoms with E-state index in [2.05, 4.69) is 24.0 Å². The SMILES string of the molecule is Cc1noc2nc(-c3ccccc3F)cc(C(=O)N3CCC[C@@H]3C(C)C)c12. The second-order valence-electron chi connectivity index (χ2n) is 7.44. The van der Waals surface area contributed by atoms with Gasteiger partial charge in [0.1, 0.15) is 5.82 Å². The van der Waals surface area contributed by atoms with Gasteiger partial charge < -0.3 is 9.42 Å². The van der Waals surface area contributed by atoms with Gasteiger partial charge in [-0.3, -0.25) is 4.79 Å². The summed E-state index contributed by atoms with van der Waals surface area (Å²) in [6.07, 6.45) is 1.99. The Bertz CT molecular complexity index is 1010. The van der Waals surface area contributed by atoms with Crippen molar-refractivity contribution in [2.75, 3.05) is 6.54 Å². The minimum atomic E-state index is -0.389. The lowest BCUT2D eigenvalue weighted by Crippen LogP contribution is -2.38. The highest BCUT2D eigenvalue weighted by Crippen LogP contribution is 2.32. The van der Waals surface area contributed by atoms with Gasteiger partial charge in [0, 0.05) is 18.2 Å². The molecule has 1 amide bonds. The lowest BCUT2D eigenvalue weighted by Gasteiger charge is -2.28. The Hall–Kier alpha value is -2.76. The number of rotatable bonds is 3. The van der Waals surface area contributed by atoms with Gasteiger partial charge in [-0.2, -0.15) is 0 Å². The number of carbonyl (C=O) groups excluding carboxylic acids is 1. The molecule has 0 spiro atoms. The summed E-state index contributed by atoms with van der Waals surface area (Å²) in [6.45, 7) is 6.78. The predicted molar refractivity (Wildman–Crippen MR) is 101 cm³/mol. The highest BCUT2D eigenvalue weighted by atomic mass is 19.1. The van der Waals surface area contributed by atoms with E-state index in [1.807, 2.05) is 4.90 Å². The molecule has 0 radical (unpaired) electrons. The fourth-order valence-corrected chi connectivity index (χ4v) is 3.96. The van der Waals surface area contributed by atoms with E-state index in [1.165, 1.54) is 6.07 Å². The van der Waals surface area contributed by atoms with Crippen LogP contribution in [0.1, 0.15) is 42.7 Å². The molecule has 4 rings (SSSR count). The third-order valence-electron chi connectivity index (χ3n) is 5.33. The molecule has 0 unspecified atom stereocenters. The molecule has 1 aromatic carbocycles. The van der Waals surface area contributed by atoms with Gasteiger partial charge >= 0.3 is 0 Å². The summed E-state index contributed by atoms with van der Waals surface area (Å²) in [5.74, 6) is -0.0777. The molecule has 1 fully saturated rings. The average molecular weight is 367 g/mol. The van der Waals surface area contributed by atoms with E-state index in [0.29, 0.717) is 33.8 Å². The molecule has 0 aliphatic carbocycles. The van der Waals surface area contributed by atoms with Gasteiger partial charge in [0.05, 0.1) is 22.3 Å². The van der Waals surface area contributed by atoms with Crippen LogP contribution in [0.15, 0.2) is 34.9 Å². The van der Waals surface area contributed by atoms with Crippen LogP contribution in [-0.4, -0.2) is 33.5 Å². The summed E-state index contributed by atoms with van der Waals surface area (Å²) in [6, 6.07) is 8.27. The van der Waals surface area contributed by atoms with E-state index >= 15 is 0 Å². The smallest absolute Gasteiger partial charge is 0.259 e. The van der Waals surface area contributed by atoms with Crippen molar-refractivity contribution in [3.8, 4) is 11.3 Å². The first kappa shape index (κ1) is 17.6. The first-order valence-corrected chi connectivity index (χ1v) is 9.30. The Morgan fingerprint density at radius 2 is 2.11 bits per heavy atom.